The second-order valence-electron chi connectivity index (χ2n) is 1.64. The third-order valence-corrected chi connectivity index (χ3v) is 0.813. The summed E-state index contributed by atoms with van der Waals surface area (Å²) in [6.07, 6.45) is 4.82. The molecule has 1 N–H and O–H groups in total. The molecule has 0 saturated carbocycles. The van der Waals surface area contributed by atoms with Gasteiger partial charge in [-0.05, 0) is 0 Å². The van der Waals surface area contributed by atoms with Gasteiger partial charge >= 0.3 is 0 Å². The summed E-state index contributed by atoms with van der Waals surface area (Å²) in [5.74, 6) is 0. The van der Waals surface area contributed by atoms with Crippen molar-refractivity contribution < 1.29 is 4.84 Å². The summed E-state index contributed by atoms with van der Waals surface area (Å²) in [6.45, 7) is 4.06. The Kier molecular flexibility index (Phi) is 1.70. The Hall–Kier alpha value is -0.760. The highest BCUT2D eigenvalue weighted by Crippen LogP contribution is 2.12. The molecule has 0 aromatic carbocycles. The highest BCUT2D eigenvalue weighted by Gasteiger charge is 2.04. The van der Waals surface area contributed by atoms with Crippen LogP contribution in [0.3, 0.4) is 0 Å². The van der Waals surface area contributed by atoms with Gasteiger partial charge in [-0.3, -0.25) is 10.3 Å². The van der Waals surface area contributed by atoms with Crippen LogP contribution in [0.15, 0.2) is 24.4 Å². The molecule has 0 heterocycles. The van der Waals surface area contributed by atoms with Crippen LogP contribution in [0.4, 0.5) is 0 Å². The van der Waals surface area contributed by atoms with E-state index in [1.54, 1.807) is 6.08 Å². The fourth-order valence-electron chi connectivity index (χ4n) is 0.328. The van der Waals surface area contributed by atoms with Crippen LogP contribution in [-0.4, -0.2) is 6.61 Å². The van der Waals surface area contributed by atoms with Crippen LogP contribution in [0.25, 0.3) is 0 Å². The van der Waals surface area contributed by atoms with Crippen molar-refractivity contribution in [1.29, 1.82) is 0 Å². The van der Waals surface area contributed by atoms with Crippen LogP contribution in [-0.2, 0) is 4.84 Å². The van der Waals surface area contributed by atoms with Crippen molar-refractivity contribution in [3.8, 4) is 0 Å². The van der Waals surface area contributed by atoms with Gasteiger partial charge < -0.3 is 0 Å². The third kappa shape index (κ3) is 1.80. The number of allylic oxidation sites excluding steroid dienone is 2. The van der Waals surface area contributed by atoms with E-state index >= 15 is 0 Å². The number of rotatable bonds is 4. The Balaban J connectivity index is 1.88. The molecule has 0 unspecified atom stereocenters. The maximum absolute atomic E-state index is 4.87. The van der Waals surface area contributed by atoms with Gasteiger partial charge in [0.25, 0.3) is 0 Å². The lowest BCUT2D eigenvalue weighted by Gasteiger charge is -1.96. The molecular formula is C6H9NO. The van der Waals surface area contributed by atoms with Crippen LogP contribution in [0.2, 0.25) is 0 Å². The summed E-state index contributed by atoms with van der Waals surface area (Å²) in [5, 5.41) is 0. The van der Waals surface area contributed by atoms with Gasteiger partial charge in [-0.25, -0.2) is 0 Å². The second-order valence-corrected chi connectivity index (χ2v) is 1.64. The molecule has 0 fully saturated rings. The molecule has 0 bridgehead atoms. The predicted octanol–water partition coefficient (Wildman–Crippen LogP) is 0.981. The van der Waals surface area contributed by atoms with Crippen molar-refractivity contribution in [2.75, 3.05) is 6.61 Å². The van der Waals surface area contributed by atoms with Crippen molar-refractivity contribution in [2.24, 2.45) is 0 Å². The van der Waals surface area contributed by atoms with Gasteiger partial charge in [0.05, 0.1) is 6.61 Å². The van der Waals surface area contributed by atoms with E-state index in [9.17, 15) is 0 Å². The maximum Gasteiger partial charge on any atom is 0.0924 e. The van der Waals surface area contributed by atoms with E-state index in [2.05, 4.69) is 18.1 Å². The van der Waals surface area contributed by atoms with Gasteiger partial charge in [0.1, 0.15) is 0 Å². The molecule has 0 aromatic heterocycles. The smallest absolute Gasteiger partial charge is 0.0924 e. The molecule has 2 nitrogen and oxygen atoms in total. The Morgan fingerprint density at radius 3 is 3.25 bits per heavy atom. The lowest BCUT2D eigenvalue weighted by atomic mass is 10.7. The number of hydrogen-bond acceptors (Lipinski definition) is 2. The quantitative estimate of drug-likeness (QED) is 0.332. The molecule has 0 aromatic rings. The van der Waals surface area contributed by atoms with E-state index < -0.39 is 0 Å². The molecule has 44 valence electrons. The molecule has 8 heavy (non-hydrogen) atoms. The van der Waals surface area contributed by atoms with Crippen molar-refractivity contribution in [2.45, 2.75) is 6.42 Å². The molecule has 0 radical (unpaired) electrons. The number of hydrogen-bond donors (Lipinski definition) is 1. The molecular weight excluding hydrogens is 102 g/mol. The summed E-state index contributed by atoms with van der Waals surface area (Å²) in [5.41, 5.74) is 3.92. The Bertz CT molecular complexity index is 118. The lowest BCUT2D eigenvalue weighted by Crippen LogP contribution is -2.07. The zero-order valence-electron chi connectivity index (χ0n) is 4.68. The highest BCUT2D eigenvalue weighted by atomic mass is 16.6. The molecule has 0 amide bonds. The largest absolute Gasteiger partial charge is 0.272 e. The minimum absolute atomic E-state index is 0.567. The van der Waals surface area contributed by atoms with Gasteiger partial charge in [0, 0.05) is 12.1 Å². The van der Waals surface area contributed by atoms with Crippen LogP contribution in [0.5, 0.6) is 0 Å². The van der Waals surface area contributed by atoms with Crippen LogP contribution >= 0.6 is 0 Å². The highest BCUT2D eigenvalue weighted by molar-refractivity contribution is 5.17. The Labute approximate surface area is 48.8 Å². The van der Waals surface area contributed by atoms with Gasteiger partial charge in [-0.15, -0.1) is 6.58 Å². The second kappa shape index (κ2) is 2.52. The molecule has 0 spiro atoms. The van der Waals surface area contributed by atoms with Gasteiger partial charge in [-0.2, -0.15) is 0 Å². The molecule has 1 aliphatic rings. The average molecular weight is 111 g/mol. The fraction of sp³-hybridized carbons (Fsp3) is 0.333. The minimum Gasteiger partial charge on any atom is -0.272 e. The van der Waals surface area contributed by atoms with Gasteiger partial charge in [0.15, 0.2) is 0 Å². The van der Waals surface area contributed by atoms with Crippen molar-refractivity contribution in [3.63, 3.8) is 0 Å². The molecule has 2 heteroatoms. The summed E-state index contributed by atoms with van der Waals surface area (Å²) >= 11 is 0. The molecule has 0 atom stereocenters. The van der Waals surface area contributed by atoms with E-state index in [-0.39, 0.29) is 0 Å². The van der Waals surface area contributed by atoms with Crippen molar-refractivity contribution in [3.05, 3.63) is 24.4 Å². The minimum atomic E-state index is 0.567. The van der Waals surface area contributed by atoms with E-state index in [0.717, 1.165) is 6.42 Å². The van der Waals surface area contributed by atoms with E-state index in [1.807, 2.05) is 0 Å². The van der Waals surface area contributed by atoms with E-state index in [4.69, 9.17) is 4.84 Å². The fourth-order valence-corrected chi connectivity index (χ4v) is 0.328. The first-order valence-electron chi connectivity index (χ1n) is 2.61. The topological polar surface area (TPSA) is 21.3 Å². The summed E-state index contributed by atoms with van der Waals surface area (Å²) in [7, 11) is 0. The molecule has 0 aliphatic heterocycles. The maximum atomic E-state index is 4.87. The lowest BCUT2D eigenvalue weighted by molar-refractivity contribution is 0.0897. The van der Waals surface area contributed by atoms with Gasteiger partial charge in [-0.1, -0.05) is 12.2 Å². The summed E-state index contributed by atoms with van der Waals surface area (Å²) in [4.78, 5) is 4.87. The molecule has 0 saturated heterocycles. The van der Waals surface area contributed by atoms with E-state index in [0.29, 0.717) is 6.61 Å². The van der Waals surface area contributed by atoms with E-state index in [1.165, 1.54) is 5.70 Å². The Morgan fingerprint density at radius 1 is 2.00 bits per heavy atom. The molecule has 1 aliphatic carbocycles. The monoisotopic (exact) mass is 111 g/mol. The van der Waals surface area contributed by atoms with Crippen molar-refractivity contribution in [1.82, 2.24) is 5.48 Å². The predicted molar refractivity (Wildman–Crippen MR) is 32.0 cm³/mol. The first-order valence-corrected chi connectivity index (χ1v) is 2.61. The zero-order chi connectivity index (χ0) is 5.82. The molecule has 1 rings (SSSR count). The Morgan fingerprint density at radius 2 is 2.75 bits per heavy atom. The summed E-state index contributed by atoms with van der Waals surface area (Å²) < 4.78 is 0. The third-order valence-electron chi connectivity index (χ3n) is 0.813. The summed E-state index contributed by atoms with van der Waals surface area (Å²) in [6, 6.07) is 0. The van der Waals surface area contributed by atoms with Crippen LogP contribution in [0.1, 0.15) is 6.42 Å². The van der Waals surface area contributed by atoms with Gasteiger partial charge in [0.2, 0.25) is 0 Å². The SMILES string of the molecule is C=CCONC1=CC1. The first kappa shape index (κ1) is 5.38. The first-order chi connectivity index (χ1) is 3.93. The van der Waals surface area contributed by atoms with Crippen LogP contribution < -0.4 is 5.48 Å². The normalized spacial score (nSPS) is 14.8. The average Bonchev–Trinajstić information content (AvgIpc) is 2.51. The van der Waals surface area contributed by atoms with Crippen molar-refractivity contribution >= 4 is 0 Å². The number of nitrogens with one attached hydrogen (secondary N) is 1. The zero-order valence-corrected chi connectivity index (χ0v) is 4.68. The van der Waals surface area contributed by atoms with Crippen LogP contribution in [0, 0.1) is 0 Å². The standard InChI is InChI=1S/C6H9NO/c1-2-5-8-7-6-3-4-6/h2-3,7H,1,4-5H2. The number of hydroxylamine groups is 1.